The molecule has 0 bridgehead atoms. The van der Waals surface area contributed by atoms with E-state index in [0.29, 0.717) is 23.3 Å². The number of carbonyl (C=O) groups is 4. The molecule has 1 unspecified atom stereocenters. The summed E-state index contributed by atoms with van der Waals surface area (Å²) in [6.07, 6.45) is -0.0629. The molecule has 122 valence electrons. The lowest BCUT2D eigenvalue weighted by atomic mass is 10.1. The van der Waals surface area contributed by atoms with Crippen molar-refractivity contribution in [2.75, 3.05) is 12.3 Å². The molecular formula is C15H15NO6S. The highest BCUT2D eigenvalue weighted by Crippen LogP contribution is 2.23. The smallest absolute Gasteiger partial charge is 0.317 e. The number of nitrogens with zero attached hydrogens (tertiary/aromatic N) is 1. The maximum absolute atomic E-state index is 12.1. The van der Waals surface area contributed by atoms with Crippen LogP contribution in [0.1, 0.15) is 33.6 Å². The third kappa shape index (κ3) is 3.89. The van der Waals surface area contributed by atoms with E-state index in [9.17, 15) is 19.2 Å². The van der Waals surface area contributed by atoms with Crippen molar-refractivity contribution in [2.45, 2.75) is 18.1 Å². The normalized spacial score (nSPS) is 14.7. The van der Waals surface area contributed by atoms with Gasteiger partial charge in [-0.15, -0.1) is 11.8 Å². The Morgan fingerprint density at radius 3 is 2.13 bits per heavy atom. The number of carboxylic acid groups (broad SMARTS) is 2. The summed E-state index contributed by atoms with van der Waals surface area (Å²) >= 11 is 0.998. The van der Waals surface area contributed by atoms with Gasteiger partial charge in [-0.05, 0) is 24.3 Å². The Morgan fingerprint density at radius 2 is 1.65 bits per heavy atom. The van der Waals surface area contributed by atoms with Crippen LogP contribution >= 0.6 is 11.8 Å². The van der Waals surface area contributed by atoms with Crippen molar-refractivity contribution >= 4 is 35.5 Å². The molecule has 1 aliphatic heterocycles. The van der Waals surface area contributed by atoms with Gasteiger partial charge < -0.3 is 10.2 Å². The maximum atomic E-state index is 12.1. The number of imide groups is 1. The molecule has 0 radical (unpaired) electrons. The summed E-state index contributed by atoms with van der Waals surface area (Å²) in [5, 5.41) is 16.6. The van der Waals surface area contributed by atoms with Crippen LogP contribution in [0, 0.1) is 0 Å². The number of fused-ring (bicyclic) bond motifs is 1. The molecular weight excluding hydrogens is 322 g/mol. The Hall–Kier alpha value is -2.35. The summed E-state index contributed by atoms with van der Waals surface area (Å²) in [6, 6.07) is 6.56. The first-order valence-electron chi connectivity index (χ1n) is 6.93. The van der Waals surface area contributed by atoms with Gasteiger partial charge in [0.15, 0.2) is 0 Å². The molecule has 1 aromatic carbocycles. The van der Waals surface area contributed by atoms with Gasteiger partial charge in [-0.25, -0.2) is 0 Å². The van der Waals surface area contributed by atoms with Crippen LogP contribution in [-0.4, -0.2) is 56.4 Å². The fourth-order valence-corrected chi connectivity index (χ4v) is 3.25. The molecule has 1 heterocycles. The third-order valence-corrected chi connectivity index (χ3v) is 4.65. The van der Waals surface area contributed by atoms with E-state index in [1.807, 2.05) is 0 Å². The molecule has 0 saturated carbocycles. The highest BCUT2D eigenvalue weighted by Gasteiger charge is 2.34. The highest BCUT2D eigenvalue weighted by molar-refractivity contribution is 8.00. The molecule has 2 amide bonds. The van der Waals surface area contributed by atoms with E-state index in [-0.39, 0.29) is 18.4 Å². The Balaban J connectivity index is 1.86. The Morgan fingerprint density at radius 1 is 1.09 bits per heavy atom. The van der Waals surface area contributed by atoms with E-state index >= 15 is 0 Å². The third-order valence-electron chi connectivity index (χ3n) is 3.36. The van der Waals surface area contributed by atoms with Crippen LogP contribution in [0.4, 0.5) is 0 Å². The van der Waals surface area contributed by atoms with Crippen molar-refractivity contribution in [3.05, 3.63) is 35.4 Å². The lowest BCUT2D eigenvalue weighted by Crippen LogP contribution is -2.31. The topological polar surface area (TPSA) is 112 Å². The van der Waals surface area contributed by atoms with E-state index in [0.717, 1.165) is 16.7 Å². The number of carbonyl (C=O) groups excluding carboxylic acids is 2. The fraction of sp³-hybridized carbons (Fsp3) is 0.333. The van der Waals surface area contributed by atoms with Gasteiger partial charge in [-0.3, -0.25) is 24.1 Å². The minimum Gasteiger partial charge on any atom is -0.481 e. The van der Waals surface area contributed by atoms with Crippen molar-refractivity contribution in [2.24, 2.45) is 0 Å². The molecule has 1 atom stereocenters. The van der Waals surface area contributed by atoms with Crippen LogP contribution < -0.4 is 0 Å². The number of amides is 2. The van der Waals surface area contributed by atoms with Gasteiger partial charge in [0.2, 0.25) is 0 Å². The van der Waals surface area contributed by atoms with E-state index in [2.05, 4.69) is 0 Å². The lowest BCUT2D eigenvalue weighted by molar-refractivity contribution is -0.142. The van der Waals surface area contributed by atoms with Crippen LogP contribution in [-0.2, 0) is 9.59 Å². The molecule has 0 aliphatic carbocycles. The van der Waals surface area contributed by atoms with Gasteiger partial charge in [-0.2, -0.15) is 0 Å². The van der Waals surface area contributed by atoms with Crippen molar-refractivity contribution in [3.8, 4) is 0 Å². The van der Waals surface area contributed by atoms with E-state index < -0.39 is 23.6 Å². The van der Waals surface area contributed by atoms with Gasteiger partial charge in [-0.1, -0.05) is 12.1 Å². The molecule has 0 fully saturated rings. The summed E-state index contributed by atoms with van der Waals surface area (Å²) < 4.78 is 0. The first-order chi connectivity index (χ1) is 10.9. The largest absolute Gasteiger partial charge is 0.481 e. The van der Waals surface area contributed by atoms with Crippen molar-refractivity contribution < 1.29 is 29.4 Å². The second kappa shape index (κ2) is 7.28. The number of aliphatic carboxylic acids is 2. The molecule has 1 aromatic rings. The SMILES string of the molecule is O=C(O)CC(SCCCN1C(=O)c2ccccc2C1=O)C(=O)O. The number of benzene rings is 1. The van der Waals surface area contributed by atoms with E-state index in [1.54, 1.807) is 24.3 Å². The molecule has 1 aliphatic rings. The molecule has 0 aromatic heterocycles. The summed E-state index contributed by atoms with van der Waals surface area (Å²) in [5.41, 5.74) is 0.749. The highest BCUT2D eigenvalue weighted by atomic mass is 32.2. The average Bonchev–Trinajstić information content (AvgIpc) is 2.74. The van der Waals surface area contributed by atoms with Gasteiger partial charge in [0, 0.05) is 6.54 Å². The zero-order valence-electron chi connectivity index (χ0n) is 12.1. The molecule has 2 N–H and O–H groups in total. The maximum Gasteiger partial charge on any atom is 0.317 e. The quantitative estimate of drug-likeness (QED) is 0.543. The van der Waals surface area contributed by atoms with Crippen molar-refractivity contribution in [1.29, 1.82) is 0 Å². The first kappa shape index (κ1) is 17.0. The fourth-order valence-electron chi connectivity index (χ4n) is 2.27. The van der Waals surface area contributed by atoms with Gasteiger partial charge in [0.05, 0.1) is 17.5 Å². The number of hydrogen-bond donors (Lipinski definition) is 2. The number of thioether (sulfide) groups is 1. The van der Waals surface area contributed by atoms with Crippen molar-refractivity contribution in [1.82, 2.24) is 4.90 Å². The molecule has 0 spiro atoms. The molecule has 0 saturated heterocycles. The van der Waals surface area contributed by atoms with Gasteiger partial charge >= 0.3 is 11.9 Å². The Bertz CT molecular complexity index is 624. The predicted octanol–water partition coefficient (Wildman–Crippen LogP) is 1.33. The zero-order valence-corrected chi connectivity index (χ0v) is 12.9. The van der Waals surface area contributed by atoms with Gasteiger partial charge in [0.1, 0.15) is 5.25 Å². The minimum absolute atomic E-state index is 0.179. The second-order valence-electron chi connectivity index (χ2n) is 4.96. The Labute approximate surface area is 136 Å². The monoisotopic (exact) mass is 337 g/mol. The van der Waals surface area contributed by atoms with Crippen molar-refractivity contribution in [3.63, 3.8) is 0 Å². The number of carboxylic acids is 2. The second-order valence-corrected chi connectivity index (χ2v) is 6.27. The lowest BCUT2D eigenvalue weighted by Gasteiger charge is -2.14. The minimum atomic E-state index is -1.18. The van der Waals surface area contributed by atoms with Crippen LogP contribution in [0.15, 0.2) is 24.3 Å². The van der Waals surface area contributed by atoms with Crippen LogP contribution in [0.3, 0.4) is 0 Å². The van der Waals surface area contributed by atoms with Crippen LogP contribution in [0.2, 0.25) is 0 Å². The summed E-state index contributed by atoms with van der Waals surface area (Å²) in [4.78, 5) is 46.9. The predicted molar refractivity (Wildman–Crippen MR) is 82.6 cm³/mol. The molecule has 8 heteroatoms. The van der Waals surface area contributed by atoms with Gasteiger partial charge in [0.25, 0.3) is 11.8 Å². The summed E-state index contributed by atoms with van der Waals surface area (Å²) in [5.74, 6) is -2.72. The number of rotatable bonds is 8. The average molecular weight is 337 g/mol. The molecule has 7 nitrogen and oxygen atoms in total. The summed E-state index contributed by atoms with van der Waals surface area (Å²) in [6.45, 7) is 0.179. The van der Waals surface area contributed by atoms with E-state index in [4.69, 9.17) is 10.2 Å². The summed E-state index contributed by atoms with van der Waals surface area (Å²) in [7, 11) is 0. The zero-order chi connectivity index (χ0) is 17.0. The molecule has 2 rings (SSSR count). The standard InChI is InChI=1S/C15H15NO6S/c17-12(18)8-11(15(21)22)23-7-3-6-16-13(19)9-4-1-2-5-10(9)14(16)20/h1-2,4-5,11H,3,6-8H2,(H,17,18)(H,21,22). The van der Waals surface area contributed by atoms with Crippen LogP contribution in [0.5, 0.6) is 0 Å². The van der Waals surface area contributed by atoms with Crippen LogP contribution in [0.25, 0.3) is 0 Å². The Kier molecular flexibility index (Phi) is 5.38. The number of hydrogen-bond acceptors (Lipinski definition) is 5. The first-order valence-corrected chi connectivity index (χ1v) is 7.98. The van der Waals surface area contributed by atoms with E-state index in [1.165, 1.54) is 0 Å². The molecule has 23 heavy (non-hydrogen) atoms.